The topological polar surface area (TPSA) is 63.1 Å². The number of amidine groups is 1. The molecule has 3 rings (SSSR count). The summed E-state index contributed by atoms with van der Waals surface area (Å²) in [5.74, 6) is 0.770. The number of para-hydroxylation sites is 1. The monoisotopic (exact) mass is 409 g/mol. The van der Waals surface area contributed by atoms with Crippen LogP contribution in [0.3, 0.4) is 0 Å². The van der Waals surface area contributed by atoms with Gasteiger partial charge in [0.15, 0.2) is 5.17 Å². The molecule has 0 bridgehead atoms. The van der Waals surface area contributed by atoms with Crippen LogP contribution in [0.25, 0.3) is 0 Å². The third-order valence-electron chi connectivity index (χ3n) is 4.79. The molecule has 29 heavy (non-hydrogen) atoms. The number of amides is 1. The lowest BCUT2D eigenvalue weighted by Gasteiger charge is -2.08. The van der Waals surface area contributed by atoms with E-state index in [0.717, 1.165) is 29.7 Å². The zero-order valence-electron chi connectivity index (χ0n) is 17.1. The van der Waals surface area contributed by atoms with Crippen molar-refractivity contribution in [1.82, 2.24) is 5.32 Å². The van der Waals surface area contributed by atoms with Gasteiger partial charge in [0.2, 0.25) is 5.91 Å². The SMILES string of the molecule is CCCCOc1ccccc1C=NN=C1NC(=O)C(Cc2ccc(C)c(C)c2)S1. The molecule has 1 aliphatic heterocycles. The van der Waals surface area contributed by atoms with Gasteiger partial charge in [-0.3, -0.25) is 4.79 Å². The minimum absolute atomic E-state index is 0.0227. The van der Waals surface area contributed by atoms with Crippen molar-refractivity contribution in [1.29, 1.82) is 0 Å². The van der Waals surface area contributed by atoms with Crippen LogP contribution in [0.1, 0.15) is 42.0 Å². The molecule has 0 aliphatic carbocycles. The first-order chi connectivity index (χ1) is 14.1. The molecule has 2 aromatic carbocycles. The normalized spacial score (nSPS) is 17.8. The number of carbonyl (C=O) groups excluding carboxylic acids is 1. The number of thioether (sulfide) groups is 1. The van der Waals surface area contributed by atoms with Crippen LogP contribution in [0.5, 0.6) is 5.75 Å². The van der Waals surface area contributed by atoms with E-state index in [1.165, 1.54) is 22.9 Å². The average Bonchev–Trinajstić information content (AvgIpc) is 3.05. The average molecular weight is 410 g/mol. The number of aryl methyl sites for hydroxylation is 2. The lowest BCUT2D eigenvalue weighted by molar-refractivity contribution is -0.118. The van der Waals surface area contributed by atoms with E-state index in [2.05, 4.69) is 54.5 Å². The van der Waals surface area contributed by atoms with Gasteiger partial charge in [-0.05, 0) is 55.5 Å². The molecule has 1 N–H and O–H groups in total. The highest BCUT2D eigenvalue weighted by Gasteiger charge is 2.30. The molecular formula is C23H27N3O2S. The lowest BCUT2D eigenvalue weighted by atomic mass is 10.0. The summed E-state index contributed by atoms with van der Waals surface area (Å²) in [4.78, 5) is 12.3. The molecule has 5 nitrogen and oxygen atoms in total. The van der Waals surface area contributed by atoms with Crippen LogP contribution in [0, 0.1) is 13.8 Å². The molecule has 0 aromatic heterocycles. The summed E-state index contributed by atoms with van der Waals surface area (Å²) in [6.07, 6.45) is 4.44. The fourth-order valence-electron chi connectivity index (χ4n) is 2.92. The van der Waals surface area contributed by atoms with Gasteiger partial charge >= 0.3 is 0 Å². The number of ether oxygens (including phenoxy) is 1. The van der Waals surface area contributed by atoms with E-state index in [4.69, 9.17) is 4.74 Å². The van der Waals surface area contributed by atoms with Crippen molar-refractivity contribution in [3.05, 3.63) is 64.7 Å². The first kappa shape index (κ1) is 21.1. The van der Waals surface area contributed by atoms with Gasteiger partial charge in [-0.25, -0.2) is 0 Å². The molecule has 1 amide bonds. The van der Waals surface area contributed by atoms with Gasteiger partial charge in [-0.1, -0.05) is 55.4 Å². The van der Waals surface area contributed by atoms with Crippen LogP contribution < -0.4 is 10.1 Å². The molecule has 0 saturated carbocycles. The number of rotatable bonds is 8. The third kappa shape index (κ3) is 5.94. The Kier molecular flexibility index (Phi) is 7.47. The molecule has 152 valence electrons. The second-order valence-electron chi connectivity index (χ2n) is 7.11. The molecule has 2 aromatic rings. The molecule has 1 saturated heterocycles. The fraction of sp³-hybridized carbons (Fsp3) is 0.348. The van der Waals surface area contributed by atoms with E-state index >= 15 is 0 Å². The lowest BCUT2D eigenvalue weighted by Crippen LogP contribution is -2.26. The van der Waals surface area contributed by atoms with Gasteiger partial charge in [-0.15, -0.1) is 5.10 Å². The van der Waals surface area contributed by atoms with Gasteiger partial charge in [-0.2, -0.15) is 5.10 Å². The van der Waals surface area contributed by atoms with Crippen LogP contribution in [0.15, 0.2) is 52.7 Å². The van der Waals surface area contributed by atoms with Crippen molar-refractivity contribution in [2.24, 2.45) is 10.2 Å². The molecule has 1 fully saturated rings. The molecule has 0 spiro atoms. The highest BCUT2D eigenvalue weighted by Crippen LogP contribution is 2.24. The largest absolute Gasteiger partial charge is 0.493 e. The predicted molar refractivity (Wildman–Crippen MR) is 121 cm³/mol. The van der Waals surface area contributed by atoms with Gasteiger partial charge < -0.3 is 10.1 Å². The molecule has 1 aliphatic rings. The second-order valence-corrected chi connectivity index (χ2v) is 8.30. The van der Waals surface area contributed by atoms with Crippen LogP contribution in [0.4, 0.5) is 0 Å². The Morgan fingerprint density at radius 1 is 1.17 bits per heavy atom. The number of unbranched alkanes of at least 4 members (excludes halogenated alkanes) is 1. The molecule has 1 heterocycles. The Labute approximate surface area is 176 Å². The predicted octanol–water partition coefficient (Wildman–Crippen LogP) is 4.65. The standard InChI is InChI=1S/C23H27N3O2S/c1-4-5-12-28-20-9-7-6-8-19(20)15-24-26-23-25-22(27)21(29-23)14-18-11-10-16(2)17(3)13-18/h6-11,13,15,21H,4-5,12,14H2,1-3H3,(H,25,26,27). The summed E-state index contributed by atoms with van der Waals surface area (Å²) < 4.78 is 5.80. The summed E-state index contributed by atoms with van der Waals surface area (Å²) in [6, 6.07) is 14.1. The Morgan fingerprint density at radius 2 is 2.00 bits per heavy atom. The maximum absolute atomic E-state index is 12.3. The molecular weight excluding hydrogens is 382 g/mol. The zero-order chi connectivity index (χ0) is 20.6. The van der Waals surface area contributed by atoms with Crippen molar-refractivity contribution < 1.29 is 9.53 Å². The molecule has 1 atom stereocenters. The smallest absolute Gasteiger partial charge is 0.239 e. The minimum atomic E-state index is -0.185. The summed E-state index contributed by atoms with van der Waals surface area (Å²) in [7, 11) is 0. The molecule has 0 radical (unpaired) electrons. The highest BCUT2D eigenvalue weighted by atomic mass is 32.2. The highest BCUT2D eigenvalue weighted by molar-refractivity contribution is 8.15. The van der Waals surface area contributed by atoms with Crippen LogP contribution in [0.2, 0.25) is 0 Å². The van der Waals surface area contributed by atoms with Gasteiger partial charge in [0.05, 0.1) is 18.1 Å². The van der Waals surface area contributed by atoms with Gasteiger partial charge in [0.1, 0.15) is 5.75 Å². The van der Waals surface area contributed by atoms with Gasteiger partial charge in [0, 0.05) is 5.56 Å². The minimum Gasteiger partial charge on any atom is -0.493 e. The van der Waals surface area contributed by atoms with Crippen LogP contribution >= 0.6 is 11.8 Å². The number of benzene rings is 2. The van der Waals surface area contributed by atoms with Crippen molar-refractivity contribution >= 4 is 29.1 Å². The first-order valence-corrected chi connectivity index (χ1v) is 10.8. The number of carbonyl (C=O) groups is 1. The number of hydrogen-bond donors (Lipinski definition) is 1. The number of hydrogen-bond acceptors (Lipinski definition) is 5. The number of nitrogens with one attached hydrogen (secondary N) is 1. The maximum atomic E-state index is 12.3. The quantitative estimate of drug-likeness (QED) is 0.392. The van der Waals surface area contributed by atoms with Crippen molar-refractivity contribution in [3.8, 4) is 5.75 Å². The van der Waals surface area contributed by atoms with Crippen LogP contribution in [-0.4, -0.2) is 29.1 Å². The summed E-state index contributed by atoms with van der Waals surface area (Å²) in [5.41, 5.74) is 4.52. The second kappa shape index (κ2) is 10.3. The zero-order valence-corrected chi connectivity index (χ0v) is 18.0. The molecule has 1 unspecified atom stereocenters. The Balaban J connectivity index is 1.62. The van der Waals surface area contributed by atoms with E-state index in [1.54, 1.807) is 6.21 Å². The van der Waals surface area contributed by atoms with Crippen LogP contribution in [-0.2, 0) is 11.2 Å². The van der Waals surface area contributed by atoms with E-state index in [9.17, 15) is 4.79 Å². The van der Waals surface area contributed by atoms with Crippen molar-refractivity contribution in [2.45, 2.75) is 45.3 Å². The van der Waals surface area contributed by atoms with E-state index in [-0.39, 0.29) is 11.2 Å². The first-order valence-electron chi connectivity index (χ1n) is 9.93. The van der Waals surface area contributed by atoms with E-state index in [1.807, 2.05) is 24.3 Å². The Morgan fingerprint density at radius 3 is 2.79 bits per heavy atom. The van der Waals surface area contributed by atoms with Crippen molar-refractivity contribution in [2.75, 3.05) is 6.61 Å². The summed E-state index contributed by atoms with van der Waals surface area (Å²) in [6.45, 7) is 6.99. The Hall–Kier alpha value is -2.60. The molecule has 6 heteroatoms. The van der Waals surface area contributed by atoms with Gasteiger partial charge in [0.25, 0.3) is 0 Å². The Bertz CT molecular complexity index is 924. The number of nitrogens with zero attached hydrogens (tertiary/aromatic N) is 2. The van der Waals surface area contributed by atoms with Crippen molar-refractivity contribution in [3.63, 3.8) is 0 Å². The maximum Gasteiger partial charge on any atom is 0.239 e. The summed E-state index contributed by atoms with van der Waals surface area (Å²) >= 11 is 1.42. The van der Waals surface area contributed by atoms with E-state index < -0.39 is 0 Å². The summed E-state index contributed by atoms with van der Waals surface area (Å²) in [5, 5.41) is 11.5. The fourth-order valence-corrected chi connectivity index (χ4v) is 3.88. The third-order valence-corrected chi connectivity index (χ3v) is 5.86. The van der Waals surface area contributed by atoms with E-state index in [0.29, 0.717) is 18.2 Å².